The second kappa shape index (κ2) is 7.07. The molecule has 2 rings (SSSR count). The number of rotatable bonds is 3. The Labute approximate surface area is 129 Å². The maximum absolute atomic E-state index is 12.2. The Kier molecular flexibility index (Phi) is 5.15. The van der Waals surface area contributed by atoms with Crippen molar-refractivity contribution in [3.63, 3.8) is 0 Å². The number of thiophene rings is 1. The van der Waals surface area contributed by atoms with E-state index in [1.165, 1.54) is 4.88 Å². The van der Waals surface area contributed by atoms with Crippen molar-refractivity contribution in [1.82, 2.24) is 5.32 Å². The van der Waals surface area contributed by atoms with Crippen molar-refractivity contribution < 1.29 is 4.79 Å². The summed E-state index contributed by atoms with van der Waals surface area (Å²) in [6.45, 7) is 4.87. The molecular formula is C17H18N2OS. The predicted octanol–water partition coefficient (Wildman–Crippen LogP) is 2.61. The fraction of sp³-hybridized carbons (Fsp3) is 0.235. The summed E-state index contributed by atoms with van der Waals surface area (Å²) in [6.07, 6.45) is 0. The van der Waals surface area contributed by atoms with Crippen LogP contribution in [-0.2, 0) is 6.54 Å². The van der Waals surface area contributed by atoms with Crippen molar-refractivity contribution in [3.05, 3.63) is 56.8 Å². The van der Waals surface area contributed by atoms with Gasteiger partial charge in [0.25, 0.3) is 5.91 Å². The first-order valence-corrected chi connectivity index (χ1v) is 7.54. The standard InChI is InChI=1S/C17H18N2OS/c1-12-8-14(4-3-7-18)10-15(9-12)17(20)19-11-16-6-5-13(2)21-16/h5-6,8-10H,7,11,18H2,1-2H3,(H,19,20). The molecule has 3 N–H and O–H groups in total. The van der Waals surface area contributed by atoms with Crippen LogP contribution < -0.4 is 11.1 Å². The monoisotopic (exact) mass is 298 g/mol. The summed E-state index contributed by atoms with van der Waals surface area (Å²) in [7, 11) is 0. The van der Waals surface area contributed by atoms with Gasteiger partial charge in [-0.15, -0.1) is 11.3 Å². The molecule has 108 valence electrons. The van der Waals surface area contributed by atoms with Crippen LogP contribution in [-0.4, -0.2) is 12.5 Å². The summed E-state index contributed by atoms with van der Waals surface area (Å²) < 4.78 is 0. The zero-order valence-corrected chi connectivity index (χ0v) is 13.0. The third-order valence-electron chi connectivity index (χ3n) is 2.89. The highest BCUT2D eigenvalue weighted by Gasteiger charge is 2.07. The van der Waals surface area contributed by atoms with Gasteiger partial charge in [-0.25, -0.2) is 0 Å². The Morgan fingerprint density at radius 2 is 2.10 bits per heavy atom. The number of amides is 1. The number of carbonyl (C=O) groups is 1. The molecule has 0 aliphatic rings. The third kappa shape index (κ3) is 4.45. The Morgan fingerprint density at radius 1 is 1.29 bits per heavy atom. The molecule has 0 saturated heterocycles. The van der Waals surface area contributed by atoms with Gasteiger partial charge in [-0.05, 0) is 49.7 Å². The molecule has 2 aromatic rings. The summed E-state index contributed by atoms with van der Waals surface area (Å²) in [5.74, 6) is 5.69. The molecule has 1 heterocycles. The summed E-state index contributed by atoms with van der Waals surface area (Å²) in [5, 5.41) is 2.94. The van der Waals surface area contributed by atoms with Gasteiger partial charge < -0.3 is 11.1 Å². The number of benzene rings is 1. The minimum Gasteiger partial charge on any atom is -0.347 e. The fourth-order valence-electron chi connectivity index (χ4n) is 1.99. The van der Waals surface area contributed by atoms with E-state index in [9.17, 15) is 4.79 Å². The van der Waals surface area contributed by atoms with Gasteiger partial charge in [0.2, 0.25) is 0 Å². The molecule has 0 aliphatic heterocycles. The van der Waals surface area contributed by atoms with E-state index in [1.54, 1.807) is 17.4 Å². The number of hydrogen-bond acceptors (Lipinski definition) is 3. The zero-order valence-electron chi connectivity index (χ0n) is 12.2. The van der Waals surface area contributed by atoms with Crippen LogP contribution in [0.2, 0.25) is 0 Å². The highest BCUT2D eigenvalue weighted by atomic mass is 32.1. The molecule has 0 fully saturated rings. The summed E-state index contributed by atoms with van der Waals surface area (Å²) in [4.78, 5) is 14.6. The molecule has 21 heavy (non-hydrogen) atoms. The second-order valence-electron chi connectivity index (χ2n) is 4.79. The van der Waals surface area contributed by atoms with E-state index in [0.717, 1.165) is 16.0 Å². The van der Waals surface area contributed by atoms with Crippen molar-refractivity contribution in [3.8, 4) is 11.8 Å². The zero-order chi connectivity index (χ0) is 15.2. The molecule has 1 aromatic carbocycles. The first-order valence-electron chi connectivity index (χ1n) is 6.72. The number of carbonyl (C=O) groups excluding carboxylic acids is 1. The number of aryl methyl sites for hydroxylation is 2. The van der Waals surface area contributed by atoms with E-state index in [-0.39, 0.29) is 5.91 Å². The van der Waals surface area contributed by atoms with Gasteiger partial charge in [0.1, 0.15) is 0 Å². The second-order valence-corrected chi connectivity index (χ2v) is 6.16. The highest BCUT2D eigenvalue weighted by molar-refractivity contribution is 7.11. The number of nitrogens with two attached hydrogens (primary N) is 1. The van der Waals surface area contributed by atoms with E-state index in [1.807, 2.05) is 25.1 Å². The van der Waals surface area contributed by atoms with Crippen LogP contribution in [0, 0.1) is 25.7 Å². The molecule has 1 aromatic heterocycles. The molecule has 0 saturated carbocycles. The predicted molar refractivity (Wildman–Crippen MR) is 87.3 cm³/mol. The third-order valence-corrected chi connectivity index (χ3v) is 3.89. The normalized spacial score (nSPS) is 9.86. The maximum atomic E-state index is 12.2. The lowest BCUT2D eigenvalue weighted by Gasteiger charge is -2.06. The first-order chi connectivity index (χ1) is 10.1. The molecule has 4 heteroatoms. The minimum absolute atomic E-state index is 0.0828. The lowest BCUT2D eigenvalue weighted by Crippen LogP contribution is -2.22. The lowest BCUT2D eigenvalue weighted by molar-refractivity contribution is 0.0951. The van der Waals surface area contributed by atoms with Gasteiger partial charge >= 0.3 is 0 Å². The van der Waals surface area contributed by atoms with E-state index in [4.69, 9.17) is 5.73 Å². The van der Waals surface area contributed by atoms with Gasteiger partial charge in [-0.1, -0.05) is 11.8 Å². The molecule has 0 radical (unpaired) electrons. The van der Waals surface area contributed by atoms with Crippen LogP contribution in [0.4, 0.5) is 0 Å². The van der Waals surface area contributed by atoms with Crippen molar-refractivity contribution in [1.29, 1.82) is 0 Å². The summed E-state index contributed by atoms with van der Waals surface area (Å²) in [6, 6.07) is 9.70. The summed E-state index contributed by atoms with van der Waals surface area (Å²) >= 11 is 1.69. The van der Waals surface area contributed by atoms with Crippen molar-refractivity contribution in [2.45, 2.75) is 20.4 Å². The van der Waals surface area contributed by atoms with Crippen LogP contribution in [0.25, 0.3) is 0 Å². The minimum atomic E-state index is -0.0828. The van der Waals surface area contributed by atoms with Crippen LogP contribution >= 0.6 is 11.3 Å². The SMILES string of the molecule is Cc1cc(C#CCN)cc(C(=O)NCc2ccc(C)s2)c1. The first kappa shape index (κ1) is 15.3. The molecule has 0 bridgehead atoms. The number of nitrogens with one attached hydrogen (secondary N) is 1. The molecule has 0 unspecified atom stereocenters. The fourth-order valence-corrected chi connectivity index (χ4v) is 2.82. The average molecular weight is 298 g/mol. The van der Waals surface area contributed by atoms with Gasteiger partial charge in [-0.3, -0.25) is 4.79 Å². The Morgan fingerprint density at radius 3 is 2.76 bits per heavy atom. The van der Waals surface area contributed by atoms with E-state index in [2.05, 4.69) is 30.1 Å². The van der Waals surface area contributed by atoms with Crippen molar-refractivity contribution in [2.75, 3.05) is 6.54 Å². The summed E-state index contributed by atoms with van der Waals surface area (Å²) in [5.41, 5.74) is 7.83. The average Bonchev–Trinajstić information content (AvgIpc) is 2.87. The Hall–Kier alpha value is -2.09. The smallest absolute Gasteiger partial charge is 0.251 e. The van der Waals surface area contributed by atoms with E-state index >= 15 is 0 Å². The lowest BCUT2D eigenvalue weighted by atomic mass is 10.1. The van der Waals surface area contributed by atoms with Crippen LogP contribution in [0.3, 0.4) is 0 Å². The van der Waals surface area contributed by atoms with Gasteiger partial charge in [0, 0.05) is 20.9 Å². The highest BCUT2D eigenvalue weighted by Crippen LogP contribution is 2.15. The molecule has 0 atom stereocenters. The molecule has 0 aliphatic carbocycles. The molecule has 3 nitrogen and oxygen atoms in total. The molecule has 1 amide bonds. The largest absolute Gasteiger partial charge is 0.347 e. The van der Waals surface area contributed by atoms with Gasteiger partial charge in [0.05, 0.1) is 13.1 Å². The Balaban J connectivity index is 2.09. The maximum Gasteiger partial charge on any atom is 0.251 e. The number of hydrogen-bond donors (Lipinski definition) is 2. The molecular weight excluding hydrogens is 280 g/mol. The van der Waals surface area contributed by atoms with Crippen molar-refractivity contribution in [2.24, 2.45) is 5.73 Å². The van der Waals surface area contributed by atoms with Crippen molar-refractivity contribution >= 4 is 17.2 Å². The van der Waals surface area contributed by atoms with Crippen LogP contribution in [0.1, 0.15) is 31.2 Å². The van der Waals surface area contributed by atoms with Crippen LogP contribution in [0.5, 0.6) is 0 Å². The van der Waals surface area contributed by atoms with Crippen LogP contribution in [0.15, 0.2) is 30.3 Å². The van der Waals surface area contributed by atoms with E-state index < -0.39 is 0 Å². The van der Waals surface area contributed by atoms with E-state index in [0.29, 0.717) is 18.7 Å². The topological polar surface area (TPSA) is 55.1 Å². The van der Waals surface area contributed by atoms with Gasteiger partial charge in [-0.2, -0.15) is 0 Å². The Bertz CT molecular complexity index is 707. The van der Waals surface area contributed by atoms with Gasteiger partial charge in [0.15, 0.2) is 0 Å². The quantitative estimate of drug-likeness (QED) is 0.856. The molecule has 0 spiro atoms.